The molecule has 0 aromatic carbocycles. The summed E-state index contributed by atoms with van der Waals surface area (Å²) in [5, 5.41) is 3.68. The Labute approximate surface area is 108 Å². The lowest BCUT2D eigenvalue weighted by atomic mass is 10.0. The summed E-state index contributed by atoms with van der Waals surface area (Å²) in [5.74, 6) is 0. The van der Waals surface area contributed by atoms with E-state index < -0.39 is 0 Å². The maximum atomic E-state index is 6.36. The molecule has 17 heavy (non-hydrogen) atoms. The highest BCUT2D eigenvalue weighted by Gasteiger charge is 2.29. The third kappa shape index (κ3) is 5.39. The minimum absolute atomic E-state index is 0.0289. The van der Waals surface area contributed by atoms with Crippen LogP contribution in [-0.2, 0) is 4.74 Å². The summed E-state index contributed by atoms with van der Waals surface area (Å²) in [6, 6.07) is 0.572. The van der Waals surface area contributed by atoms with Crippen molar-refractivity contribution in [2.45, 2.75) is 90.4 Å². The minimum atomic E-state index is 0.0289. The highest BCUT2D eigenvalue weighted by atomic mass is 16.5. The molecule has 0 aromatic rings. The molecule has 2 unspecified atom stereocenters. The lowest BCUT2D eigenvalue weighted by Gasteiger charge is -2.34. The van der Waals surface area contributed by atoms with Crippen LogP contribution in [0.15, 0.2) is 0 Å². The molecule has 0 amide bonds. The fourth-order valence-corrected chi connectivity index (χ4v) is 2.47. The van der Waals surface area contributed by atoms with Crippen molar-refractivity contribution in [3.8, 4) is 0 Å². The Morgan fingerprint density at radius 3 is 2.47 bits per heavy atom. The maximum absolute atomic E-state index is 6.36. The molecule has 1 N–H and O–H groups in total. The number of ether oxygens (including phenoxy) is 1. The summed E-state index contributed by atoms with van der Waals surface area (Å²) in [6.07, 6.45) is 9.28. The van der Waals surface area contributed by atoms with Crippen molar-refractivity contribution < 1.29 is 4.74 Å². The van der Waals surface area contributed by atoms with Crippen molar-refractivity contribution in [3.63, 3.8) is 0 Å². The molecule has 0 bridgehead atoms. The first kappa shape index (κ1) is 15.0. The third-order valence-electron chi connectivity index (χ3n) is 3.93. The maximum Gasteiger partial charge on any atom is 0.0735 e. The van der Waals surface area contributed by atoms with Gasteiger partial charge in [0, 0.05) is 6.04 Å². The van der Waals surface area contributed by atoms with Gasteiger partial charge in [-0.1, -0.05) is 33.1 Å². The predicted molar refractivity (Wildman–Crippen MR) is 74.4 cm³/mol. The van der Waals surface area contributed by atoms with Crippen molar-refractivity contribution in [3.05, 3.63) is 0 Å². The molecule has 0 aromatic heterocycles. The molecular weight excluding hydrogens is 210 g/mol. The molecule has 1 rings (SSSR count). The minimum Gasteiger partial charge on any atom is -0.371 e. The summed E-state index contributed by atoms with van der Waals surface area (Å²) < 4.78 is 6.36. The second kappa shape index (κ2) is 7.38. The molecular formula is C15H31NO. The second-order valence-corrected chi connectivity index (χ2v) is 5.97. The van der Waals surface area contributed by atoms with E-state index in [0.717, 1.165) is 13.0 Å². The first-order valence-electron chi connectivity index (χ1n) is 7.50. The van der Waals surface area contributed by atoms with Gasteiger partial charge in [0.05, 0.1) is 11.7 Å². The van der Waals surface area contributed by atoms with Crippen LogP contribution in [0.5, 0.6) is 0 Å². The lowest BCUT2D eigenvalue weighted by molar-refractivity contribution is -0.0896. The van der Waals surface area contributed by atoms with Crippen molar-refractivity contribution in [1.29, 1.82) is 0 Å². The van der Waals surface area contributed by atoms with Gasteiger partial charge in [-0.2, -0.15) is 0 Å². The molecule has 102 valence electrons. The van der Waals surface area contributed by atoms with Gasteiger partial charge in [0.25, 0.3) is 0 Å². The van der Waals surface area contributed by atoms with E-state index in [2.05, 4.69) is 33.0 Å². The Kier molecular flexibility index (Phi) is 6.50. The monoisotopic (exact) mass is 241 g/mol. The van der Waals surface area contributed by atoms with Gasteiger partial charge in [-0.3, -0.25) is 0 Å². The Bertz CT molecular complexity index is 203. The Morgan fingerprint density at radius 2 is 1.82 bits per heavy atom. The van der Waals surface area contributed by atoms with Crippen molar-refractivity contribution in [2.75, 3.05) is 6.54 Å². The number of hydrogen-bond acceptors (Lipinski definition) is 2. The quantitative estimate of drug-likeness (QED) is 0.712. The van der Waals surface area contributed by atoms with Crippen molar-refractivity contribution >= 4 is 0 Å². The molecule has 0 radical (unpaired) electrons. The second-order valence-electron chi connectivity index (χ2n) is 5.97. The number of nitrogens with one attached hydrogen (secondary N) is 1. The van der Waals surface area contributed by atoms with Crippen molar-refractivity contribution in [1.82, 2.24) is 5.32 Å². The largest absolute Gasteiger partial charge is 0.371 e. The van der Waals surface area contributed by atoms with Gasteiger partial charge in [-0.25, -0.2) is 0 Å². The topological polar surface area (TPSA) is 21.3 Å². The van der Waals surface area contributed by atoms with Crippen LogP contribution in [-0.4, -0.2) is 24.3 Å². The molecule has 1 saturated carbocycles. The Hall–Kier alpha value is -0.0800. The fraction of sp³-hybridized carbons (Fsp3) is 1.00. The molecule has 0 aliphatic heterocycles. The third-order valence-corrected chi connectivity index (χ3v) is 3.93. The Balaban J connectivity index is 2.55. The summed E-state index contributed by atoms with van der Waals surface area (Å²) in [6.45, 7) is 10.0. The smallest absolute Gasteiger partial charge is 0.0735 e. The van der Waals surface area contributed by atoms with E-state index in [4.69, 9.17) is 4.74 Å². The van der Waals surface area contributed by atoms with E-state index in [-0.39, 0.29) is 5.60 Å². The van der Waals surface area contributed by atoms with E-state index in [1.807, 2.05) is 0 Å². The van der Waals surface area contributed by atoms with E-state index in [1.165, 1.54) is 38.5 Å². The van der Waals surface area contributed by atoms with Crippen LogP contribution in [0.1, 0.15) is 72.6 Å². The van der Waals surface area contributed by atoms with Crippen LogP contribution in [0, 0.1) is 0 Å². The van der Waals surface area contributed by atoms with Gasteiger partial charge >= 0.3 is 0 Å². The van der Waals surface area contributed by atoms with E-state index in [1.54, 1.807) is 0 Å². The lowest BCUT2D eigenvalue weighted by Crippen LogP contribution is -2.44. The molecule has 1 aliphatic rings. The van der Waals surface area contributed by atoms with Crippen LogP contribution in [0.2, 0.25) is 0 Å². The van der Waals surface area contributed by atoms with Crippen LogP contribution in [0.25, 0.3) is 0 Å². The van der Waals surface area contributed by atoms with Crippen molar-refractivity contribution in [2.24, 2.45) is 0 Å². The molecule has 1 aliphatic carbocycles. The summed E-state index contributed by atoms with van der Waals surface area (Å²) in [5.41, 5.74) is 0.0289. The van der Waals surface area contributed by atoms with Crippen LogP contribution < -0.4 is 5.32 Å². The molecule has 0 saturated heterocycles. The van der Waals surface area contributed by atoms with Crippen LogP contribution in [0.3, 0.4) is 0 Å². The molecule has 1 fully saturated rings. The first-order chi connectivity index (χ1) is 8.09. The molecule has 2 atom stereocenters. The van der Waals surface area contributed by atoms with Gasteiger partial charge in [0.2, 0.25) is 0 Å². The van der Waals surface area contributed by atoms with E-state index in [9.17, 15) is 0 Å². The van der Waals surface area contributed by atoms with Gasteiger partial charge in [-0.05, 0) is 46.1 Å². The van der Waals surface area contributed by atoms with Crippen LogP contribution >= 0.6 is 0 Å². The zero-order valence-corrected chi connectivity index (χ0v) is 12.2. The van der Waals surface area contributed by atoms with Gasteiger partial charge < -0.3 is 10.1 Å². The van der Waals surface area contributed by atoms with Gasteiger partial charge in [-0.15, -0.1) is 0 Å². The molecule has 0 spiro atoms. The zero-order chi connectivity index (χ0) is 12.7. The normalized spacial score (nSPS) is 26.8. The SMILES string of the molecule is CCCNC1CCCCCC1OC(C)(C)CC. The summed E-state index contributed by atoms with van der Waals surface area (Å²) >= 11 is 0. The van der Waals surface area contributed by atoms with E-state index >= 15 is 0 Å². The zero-order valence-electron chi connectivity index (χ0n) is 12.2. The van der Waals surface area contributed by atoms with Gasteiger partial charge in [0.15, 0.2) is 0 Å². The first-order valence-corrected chi connectivity index (χ1v) is 7.50. The number of rotatable bonds is 6. The number of hydrogen-bond donors (Lipinski definition) is 1. The molecule has 2 nitrogen and oxygen atoms in total. The highest BCUT2D eigenvalue weighted by Crippen LogP contribution is 2.26. The average molecular weight is 241 g/mol. The van der Waals surface area contributed by atoms with Crippen LogP contribution in [0.4, 0.5) is 0 Å². The fourth-order valence-electron chi connectivity index (χ4n) is 2.47. The molecule has 0 heterocycles. The summed E-state index contributed by atoms with van der Waals surface area (Å²) in [7, 11) is 0. The van der Waals surface area contributed by atoms with E-state index in [0.29, 0.717) is 12.1 Å². The predicted octanol–water partition coefficient (Wildman–Crippen LogP) is 3.89. The standard InChI is InChI=1S/C15H31NO/c1-5-12-16-13-10-8-7-9-11-14(13)17-15(3,4)6-2/h13-14,16H,5-12H2,1-4H3. The highest BCUT2D eigenvalue weighted by molar-refractivity contribution is 4.83. The average Bonchev–Trinajstić information content (AvgIpc) is 2.51. The van der Waals surface area contributed by atoms with Gasteiger partial charge in [0.1, 0.15) is 0 Å². The molecule has 2 heteroatoms. The summed E-state index contributed by atoms with van der Waals surface area (Å²) in [4.78, 5) is 0. The Morgan fingerprint density at radius 1 is 1.12 bits per heavy atom.